The minimum Gasteiger partial charge on any atom is -0.260 e. The van der Waals surface area contributed by atoms with Crippen molar-refractivity contribution in [2.24, 2.45) is 0 Å². The van der Waals surface area contributed by atoms with E-state index in [1.165, 1.54) is 0 Å². The van der Waals surface area contributed by atoms with Gasteiger partial charge in [0.2, 0.25) is 0 Å². The van der Waals surface area contributed by atoms with Gasteiger partial charge in [0.25, 0.3) is 0 Å². The fourth-order valence-corrected chi connectivity index (χ4v) is 1.72. The second-order valence-electron chi connectivity index (χ2n) is 4.20. The van der Waals surface area contributed by atoms with Gasteiger partial charge in [-0.05, 0) is 38.1 Å². The van der Waals surface area contributed by atoms with Gasteiger partial charge in [-0.2, -0.15) is 0 Å². The third-order valence-corrected chi connectivity index (χ3v) is 2.90. The summed E-state index contributed by atoms with van der Waals surface area (Å²) in [5, 5.41) is 0.653. The molecular formula is C13H13ClN2. The van der Waals surface area contributed by atoms with Gasteiger partial charge in [0.15, 0.2) is 0 Å². The zero-order chi connectivity index (χ0) is 11.6. The van der Waals surface area contributed by atoms with E-state index in [1.807, 2.05) is 30.3 Å². The molecule has 0 radical (unpaired) electrons. The van der Waals surface area contributed by atoms with E-state index < -0.39 is 0 Å². The molecule has 0 spiro atoms. The molecule has 0 saturated heterocycles. The molecule has 0 N–H and O–H groups in total. The molecule has 82 valence electrons. The van der Waals surface area contributed by atoms with E-state index in [1.54, 1.807) is 12.4 Å². The van der Waals surface area contributed by atoms with Crippen LogP contribution in [-0.2, 0) is 5.41 Å². The smallest absolute Gasteiger partial charge is 0.0589 e. The third-order valence-electron chi connectivity index (χ3n) is 2.67. The van der Waals surface area contributed by atoms with Crippen LogP contribution in [0.25, 0.3) is 0 Å². The van der Waals surface area contributed by atoms with Gasteiger partial charge in [-0.3, -0.25) is 9.97 Å². The first kappa shape index (κ1) is 11.1. The lowest BCUT2D eigenvalue weighted by molar-refractivity contribution is 0.595. The number of rotatable bonds is 2. The Bertz CT molecular complexity index is 463. The molecule has 0 unspecified atom stereocenters. The van der Waals surface area contributed by atoms with Crippen LogP contribution in [0.1, 0.15) is 25.2 Å². The maximum absolute atomic E-state index is 5.83. The van der Waals surface area contributed by atoms with Crippen LogP contribution < -0.4 is 0 Å². The second kappa shape index (κ2) is 4.22. The average Bonchev–Trinajstić information content (AvgIpc) is 2.31. The van der Waals surface area contributed by atoms with Crippen molar-refractivity contribution in [1.29, 1.82) is 0 Å². The van der Waals surface area contributed by atoms with Gasteiger partial charge in [-0.15, -0.1) is 0 Å². The van der Waals surface area contributed by atoms with Gasteiger partial charge in [-0.1, -0.05) is 17.7 Å². The molecule has 0 aromatic carbocycles. The molecule has 16 heavy (non-hydrogen) atoms. The van der Waals surface area contributed by atoms with Crippen LogP contribution in [0.15, 0.2) is 42.7 Å². The fourth-order valence-electron chi connectivity index (χ4n) is 1.61. The van der Waals surface area contributed by atoms with Gasteiger partial charge < -0.3 is 0 Å². The molecule has 3 heteroatoms. The van der Waals surface area contributed by atoms with E-state index in [-0.39, 0.29) is 5.41 Å². The first-order valence-corrected chi connectivity index (χ1v) is 5.52. The Morgan fingerprint density at radius 1 is 1.00 bits per heavy atom. The summed E-state index contributed by atoms with van der Waals surface area (Å²) in [6, 6.07) is 9.71. The summed E-state index contributed by atoms with van der Waals surface area (Å²) < 4.78 is 0. The summed E-state index contributed by atoms with van der Waals surface area (Å²) in [6.07, 6.45) is 3.47. The summed E-state index contributed by atoms with van der Waals surface area (Å²) in [5.74, 6) is 0. The van der Waals surface area contributed by atoms with E-state index in [0.29, 0.717) is 5.02 Å². The Kier molecular flexibility index (Phi) is 2.92. The van der Waals surface area contributed by atoms with Crippen molar-refractivity contribution < 1.29 is 0 Å². The second-order valence-corrected chi connectivity index (χ2v) is 4.64. The Morgan fingerprint density at radius 2 is 1.75 bits per heavy atom. The number of hydrogen-bond donors (Lipinski definition) is 0. The minimum absolute atomic E-state index is 0.203. The number of aromatic nitrogens is 2. The Labute approximate surface area is 100 Å². The minimum atomic E-state index is -0.203. The van der Waals surface area contributed by atoms with Gasteiger partial charge in [0.05, 0.1) is 16.4 Å². The summed E-state index contributed by atoms with van der Waals surface area (Å²) >= 11 is 5.83. The molecule has 0 aliphatic heterocycles. The van der Waals surface area contributed by atoms with E-state index in [0.717, 1.165) is 11.4 Å². The van der Waals surface area contributed by atoms with Crippen molar-refractivity contribution in [3.63, 3.8) is 0 Å². The Balaban J connectivity index is 2.43. The van der Waals surface area contributed by atoms with Crippen molar-refractivity contribution in [3.05, 3.63) is 59.1 Å². The van der Waals surface area contributed by atoms with Crippen molar-refractivity contribution >= 4 is 11.6 Å². The van der Waals surface area contributed by atoms with Crippen molar-refractivity contribution in [2.45, 2.75) is 19.3 Å². The molecule has 2 aromatic heterocycles. The standard InChI is InChI=1S/C13H13ClN2/c1-13(2,11-5-3-4-8-15-11)12-7-6-10(14)9-16-12/h3-9H,1-2H3. The van der Waals surface area contributed by atoms with Crippen LogP contribution >= 0.6 is 11.6 Å². The highest BCUT2D eigenvalue weighted by atomic mass is 35.5. The highest BCUT2D eigenvalue weighted by Crippen LogP contribution is 2.28. The lowest BCUT2D eigenvalue weighted by Crippen LogP contribution is -2.21. The summed E-state index contributed by atoms with van der Waals surface area (Å²) in [5.41, 5.74) is 1.77. The SMILES string of the molecule is CC(C)(c1ccccn1)c1ccc(Cl)cn1. The molecule has 0 fully saturated rings. The molecule has 0 atom stereocenters. The van der Waals surface area contributed by atoms with Crippen LogP contribution in [0, 0.1) is 0 Å². The normalized spacial score (nSPS) is 11.4. The van der Waals surface area contributed by atoms with Crippen molar-refractivity contribution in [3.8, 4) is 0 Å². The number of pyridine rings is 2. The molecule has 0 bridgehead atoms. The average molecular weight is 233 g/mol. The molecular weight excluding hydrogens is 220 g/mol. The largest absolute Gasteiger partial charge is 0.260 e. The first-order chi connectivity index (χ1) is 7.60. The van der Waals surface area contributed by atoms with E-state index in [9.17, 15) is 0 Å². The summed E-state index contributed by atoms with van der Waals surface area (Å²) in [4.78, 5) is 8.73. The molecule has 0 amide bonds. The number of halogens is 1. The molecule has 0 aliphatic carbocycles. The van der Waals surface area contributed by atoms with E-state index >= 15 is 0 Å². The van der Waals surface area contributed by atoms with Crippen molar-refractivity contribution in [1.82, 2.24) is 9.97 Å². The van der Waals surface area contributed by atoms with Gasteiger partial charge in [0.1, 0.15) is 0 Å². The predicted molar refractivity (Wildman–Crippen MR) is 65.6 cm³/mol. The molecule has 0 aliphatic rings. The molecule has 2 rings (SSSR count). The topological polar surface area (TPSA) is 25.8 Å². The van der Waals surface area contributed by atoms with Crippen LogP contribution in [-0.4, -0.2) is 9.97 Å². The zero-order valence-corrected chi connectivity index (χ0v) is 10.1. The summed E-state index contributed by atoms with van der Waals surface area (Å²) in [6.45, 7) is 4.21. The Morgan fingerprint density at radius 3 is 2.31 bits per heavy atom. The molecule has 2 heterocycles. The maximum Gasteiger partial charge on any atom is 0.0589 e. The fraction of sp³-hybridized carbons (Fsp3) is 0.231. The number of nitrogens with zero attached hydrogens (tertiary/aromatic N) is 2. The lowest BCUT2D eigenvalue weighted by Gasteiger charge is -2.23. The quantitative estimate of drug-likeness (QED) is 0.793. The lowest BCUT2D eigenvalue weighted by atomic mass is 9.85. The third kappa shape index (κ3) is 2.07. The highest BCUT2D eigenvalue weighted by Gasteiger charge is 2.25. The maximum atomic E-state index is 5.83. The van der Waals surface area contributed by atoms with E-state index in [2.05, 4.69) is 23.8 Å². The van der Waals surface area contributed by atoms with Crippen LogP contribution in [0.4, 0.5) is 0 Å². The van der Waals surface area contributed by atoms with Gasteiger partial charge in [0, 0.05) is 17.8 Å². The number of hydrogen-bond acceptors (Lipinski definition) is 2. The predicted octanol–water partition coefficient (Wildman–Crippen LogP) is 3.46. The van der Waals surface area contributed by atoms with Crippen LogP contribution in [0.5, 0.6) is 0 Å². The van der Waals surface area contributed by atoms with E-state index in [4.69, 9.17) is 11.6 Å². The monoisotopic (exact) mass is 232 g/mol. The van der Waals surface area contributed by atoms with Crippen LogP contribution in [0.3, 0.4) is 0 Å². The van der Waals surface area contributed by atoms with Crippen molar-refractivity contribution in [2.75, 3.05) is 0 Å². The summed E-state index contributed by atoms with van der Waals surface area (Å²) in [7, 11) is 0. The molecule has 0 saturated carbocycles. The first-order valence-electron chi connectivity index (χ1n) is 5.14. The molecule has 2 aromatic rings. The molecule has 2 nitrogen and oxygen atoms in total. The highest BCUT2D eigenvalue weighted by molar-refractivity contribution is 6.30. The Hall–Kier alpha value is -1.41. The van der Waals surface area contributed by atoms with Gasteiger partial charge >= 0.3 is 0 Å². The van der Waals surface area contributed by atoms with Crippen LogP contribution in [0.2, 0.25) is 5.02 Å². The zero-order valence-electron chi connectivity index (χ0n) is 9.31. The van der Waals surface area contributed by atoms with Gasteiger partial charge in [-0.25, -0.2) is 0 Å².